The first kappa shape index (κ1) is 14.5. The van der Waals surface area contributed by atoms with Crippen molar-refractivity contribution in [1.82, 2.24) is 5.32 Å². The number of fused-ring (bicyclic) bond motifs is 1. The molecule has 3 N–H and O–H groups in total. The van der Waals surface area contributed by atoms with Crippen LogP contribution >= 0.6 is 0 Å². The number of anilines is 1. The fourth-order valence-electron chi connectivity index (χ4n) is 3.60. The molecular formula is C17H25N3O. The van der Waals surface area contributed by atoms with Gasteiger partial charge in [0, 0.05) is 36.3 Å². The van der Waals surface area contributed by atoms with E-state index in [1.807, 2.05) is 17.9 Å². The average molecular weight is 287 g/mol. The predicted molar refractivity (Wildman–Crippen MR) is 85.2 cm³/mol. The second-order valence-corrected chi connectivity index (χ2v) is 6.41. The largest absolute Gasteiger partial charge is 0.328 e. The third kappa shape index (κ3) is 2.70. The molecule has 0 radical (unpaired) electrons. The van der Waals surface area contributed by atoms with Crippen molar-refractivity contribution >= 4 is 11.6 Å². The Morgan fingerprint density at radius 3 is 2.71 bits per heavy atom. The van der Waals surface area contributed by atoms with Gasteiger partial charge in [0.2, 0.25) is 5.91 Å². The molecule has 1 amide bonds. The number of hydrogen-bond acceptors (Lipinski definition) is 3. The van der Waals surface area contributed by atoms with E-state index in [-0.39, 0.29) is 11.9 Å². The molecule has 2 aliphatic rings. The van der Waals surface area contributed by atoms with Crippen LogP contribution in [-0.2, 0) is 4.79 Å². The van der Waals surface area contributed by atoms with Gasteiger partial charge in [0.1, 0.15) is 0 Å². The van der Waals surface area contributed by atoms with Crippen LogP contribution in [0.15, 0.2) is 24.3 Å². The Kier molecular flexibility index (Phi) is 4.00. The van der Waals surface area contributed by atoms with Gasteiger partial charge in [-0.05, 0) is 37.8 Å². The molecule has 1 saturated carbocycles. The summed E-state index contributed by atoms with van der Waals surface area (Å²) in [5, 5.41) is 3.73. The van der Waals surface area contributed by atoms with Crippen molar-refractivity contribution < 1.29 is 4.79 Å². The highest BCUT2D eigenvalue weighted by atomic mass is 16.2. The minimum Gasteiger partial charge on any atom is -0.328 e. The third-order valence-corrected chi connectivity index (χ3v) is 4.77. The van der Waals surface area contributed by atoms with E-state index in [2.05, 4.69) is 30.4 Å². The molecule has 1 aromatic rings. The number of benzene rings is 1. The van der Waals surface area contributed by atoms with Gasteiger partial charge in [-0.15, -0.1) is 0 Å². The summed E-state index contributed by atoms with van der Waals surface area (Å²) in [4.78, 5) is 14.2. The Balaban J connectivity index is 1.85. The molecule has 0 bridgehead atoms. The molecule has 21 heavy (non-hydrogen) atoms. The van der Waals surface area contributed by atoms with Crippen LogP contribution in [-0.4, -0.2) is 24.0 Å². The molecule has 1 heterocycles. The van der Waals surface area contributed by atoms with E-state index in [4.69, 9.17) is 5.73 Å². The number of nitrogens with two attached hydrogens (primary N) is 1. The van der Waals surface area contributed by atoms with E-state index in [0.717, 1.165) is 24.9 Å². The molecule has 114 valence electrons. The molecule has 0 spiro atoms. The quantitative estimate of drug-likeness (QED) is 0.897. The molecule has 1 aliphatic heterocycles. The summed E-state index contributed by atoms with van der Waals surface area (Å²) in [5.74, 6) is 0.207. The van der Waals surface area contributed by atoms with Crippen molar-refractivity contribution in [1.29, 1.82) is 0 Å². The maximum absolute atomic E-state index is 12.3. The smallest absolute Gasteiger partial charge is 0.226 e. The van der Waals surface area contributed by atoms with Gasteiger partial charge in [0.25, 0.3) is 0 Å². The van der Waals surface area contributed by atoms with Crippen LogP contribution < -0.4 is 16.0 Å². The molecule has 4 heteroatoms. The topological polar surface area (TPSA) is 58.4 Å². The van der Waals surface area contributed by atoms with Crippen molar-refractivity contribution in [2.24, 2.45) is 5.73 Å². The fourth-order valence-corrected chi connectivity index (χ4v) is 3.60. The molecule has 1 aliphatic carbocycles. The minimum atomic E-state index is 0.207. The number of nitrogens with one attached hydrogen (secondary N) is 1. The summed E-state index contributed by atoms with van der Waals surface area (Å²) in [7, 11) is 0. The summed E-state index contributed by atoms with van der Waals surface area (Å²) in [6.07, 6.45) is 3.64. The fraction of sp³-hybridized carbons (Fsp3) is 0.588. The average Bonchev–Trinajstić information content (AvgIpc) is 2.45. The van der Waals surface area contributed by atoms with Gasteiger partial charge in [-0.3, -0.25) is 4.79 Å². The second-order valence-electron chi connectivity index (χ2n) is 6.41. The van der Waals surface area contributed by atoms with Crippen molar-refractivity contribution in [3.05, 3.63) is 29.8 Å². The van der Waals surface area contributed by atoms with Gasteiger partial charge in [-0.1, -0.05) is 25.1 Å². The van der Waals surface area contributed by atoms with Gasteiger partial charge in [0.15, 0.2) is 0 Å². The number of rotatable bonds is 3. The Labute approximate surface area is 126 Å². The number of para-hydroxylation sites is 1. The van der Waals surface area contributed by atoms with Gasteiger partial charge in [-0.2, -0.15) is 0 Å². The first-order valence-corrected chi connectivity index (χ1v) is 8.02. The lowest BCUT2D eigenvalue weighted by molar-refractivity contribution is -0.118. The molecule has 3 rings (SSSR count). The normalized spacial score (nSPS) is 31.5. The van der Waals surface area contributed by atoms with E-state index < -0.39 is 0 Å². The molecule has 4 nitrogen and oxygen atoms in total. The molecule has 2 atom stereocenters. The highest BCUT2D eigenvalue weighted by Gasteiger charge is 2.35. The summed E-state index contributed by atoms with van der Waals surface area (Å²) in [5.41, 5.74) is 8.20. The molecule has 0 aromatic heterocycles. The highest BCUT2D eigenvalue weighted by Crippen LogP contribution is 2.38. The van der Waals surface area contributed by atoms with Crippen molar-refractivity contribution in [3.63, 3.8) is 0 Å². The maximum atomic E-state index is 12.3. The summed E-state index contributed by atoms with van der Waals surface area (Å²) < 4.78 is 0. The highest BCUT2D eigenvalue weighted by molar-refractivity contribution is 5.95. The number of carbonyl (C=O) groups is 1. The van der Waals surface area contributed by atoms with Crippen molar-refractivity contribution in [2.45, 2.75) is 63.7 Å². The number of nitrogens with zero attached hydrogens (tertiary/aromatic N) is 1. The minimum absolute atomic E-state index is 0.207. The zero-order valence-electron chi connectivity index (χ0n) is 12.9. The van der Waals surface area contributed by atoms with Gasteiger partial charge in [-0.25, -0.2) is 0 Å². The lowest BCUT2D eigenvalue weighted by Crippen LogP contribution is -2.52. The predicted octanol–water partition coefficient (Wildman–Crippen LogP) is 2.34. The van der Waals surface area contributed by atoms with Crippen LogP contribution in [0.25, 0.3) is 0 Å². The van der Waals surface area contributed by atoms with Crippen LogP contribution in [0.3, 0.4) is 0 Å². The van der Waals surface area contributed by atoms with E-state index in [1.54, 1.807) is 0 Å². The van der Waals surface area contributed by atoms with E-state index >= 15 is 0 Å². The Bertz CT molecular complexity index is 525. The standard InChI is InChI=1S/C17H25N3O/c1-3-17(21)20-11(2)8-15(19-13-9-12(18)10-13)14-6-4-5-7-16(14)20/h4-7,11-13,15,19H,3,8-10,18H2,1-2H3/t11-,12?,13?,15+/m0/s1. The molecule has 1 aromatic carbocycles. The van der Waals surface area contributed by atoms with Gasteiger partial charge >= 0.3 is 0 Å². The first-order valence-electron chi connectivity index (χ1n) is 8.02. The number of hydrogen-bond donors (Lipinski definition) is 2. The van der Waals surface area contributed by atoms with E-state index in [1.165, 1.54) is 5.56 Å². The van der Waals surface area contributed by atoms with Crippen LogP contribution in [0, 0.1) is 0 Å². The molecule has 1 fully saturated rings. The lowest BCUT2D eigenvalue weighted by atomic mass is 9.84. The monoisotopic (exact) mass is 287 g/mol. The summed E-state index contributed by atoms with van der Waals surface area (Å²) >= 11 is 0. The Hall–Kier alpha value is -1.39. The van der Waals surface area contributed by atoms with Crippen molar-refractivity contribution in [3.8, 4) is 0 Å². The summed E-state index contributed by atoms with van der Waals surface area (Å²) in [6.45, 7) is 4.07. The van der Waals surface area contributed by atoms with E-state index in [0.29, 0.717) is 24.5 Å². The Morgan fingerprint density at radius 2 is 2.05 bits per heavy atom. The zero-order chi connectivity index (χ0) is 15.0. The summed E-state index contributed by atoms with van der Waals surface area (Å²) in [6, 6.07) is 9.74. The van der Waals surface area contributed by atoms with Crippen LogP contribution in [0.2, 0.25) is 0 Å². The van der Waals surface area contributed by atoms with Crippen LogP contribution in [0.4, 0.5) is 5.69 Å². The third-order valence-electron chi connectivity index (χ3n) is 4.77. The first-order chi connectivity index (χ1) is 10.1. The Morgan fingerprint density at radius 1 is 1.33 bits per heavy atom. The van der Waals surface area contributed by atoms with Gasteiger partial charge in [0.05, 0.1) is 0 Å². The SMILES string of the molecule is CCC(=O)N1c2ccccc2[C@H](NC2CC(N)C2)C[C@@H]1C. The van der Waals surface area contributed by atoms with Crippen LogP contribution in [0.5, 0.6) is 0 Å². The van der Waals surface area contributed by atoms with Crippen molar-refractivity contribution in [2.75, 3.05) is 4.90 Å². The maximum Gasteiger partial charge on any atom is 0.226 e. The molecule has 0 unspecified atom stereocenters. The second kappa shape index (κ2) is 5.78. The van der Waals surface area contributed by atoms with Gasteiger partial charge < -0.3 is 16.0 Å². The van der Waals surface area contributed by atoms with Crippen LogP contribution in [0.1, 0.15) is 51.1 Å². The lowest BCUT2D eigenvalue weighted by Gasteiger charge is -2.43. The van der Waals surface area contributed by atoms with E-state index in [9.17, 15) is 4.79 Å². The zero-order valence-corrected chi connectivity index (χ0v) is 12.9. The number of amides is 1. The molecule has 0 saturated heterocycles. The molecular weight excluding hydrogens is 262 g/mol. The number of carbonyl (C=O) groups excluding carboxylic acids is 1.